The Hall–Kier alpha value is -3.10. The molecule has 8 nitrogen and oxygen atoms in total. The van der Waals surface area contributed by atoms with Gasteiger partial charge in [-0.3, -0.25) is 4.79 Å². The van der Waals surface area contributed by atoms with Gasteiger partial charge < -0.3 is 24.6 Å². The monoisotopic (exact) mass is 428 g/mol. The molecular formula is C21H21ClN4O4. The van der Waals surface area contributed by atoms with E-state index in [1.54, 1.807) is 4.90 Å². The van der Waals surface area contributed by atoms with E-state index < -0.39 is 5.92 Å². The highest BCUT2D eigenvalue weighted by molar-refractivity contribution is 6.00. The number of rotatable bonds is 4. The number of nitrogens with zero attached hydrogens (tertiary/aromatic N) is 3. The third-order valence-electron chi connectivity index (χ3n) is 5.23. The lowest BCUT2D eigenvalue weighted by Crippen LogP contribution is -2.26. The van der Waals surface area contributed by atoms with Gasteiger partial charge in [0.1, 0.15) is 19.1 Å². The zero-order valence-electron chi connectivity index (χ0n) is 16.1. The Labute approximate surface area is 179 Å². The number of halogens is 1. The number of carbonyl (C=O) groups excluding carboxylic acids is 1. The van der Waals surface area contributed by atoms with Crippen molar-refractivity contribution in [3.63, 3.8) is 0 Å². The van der Waals surface area contributed by atoms with E-state index in [-0.39, 0.29) is 18.3 Å². The van der Waals surface area contributed by atoms with E-state index in [1.165, 1.54) is 0 Å². The lowest BCUT2D eigenvalue weighted by Gasteiger charge is -2.22. The van der Waals surface area contributed by atoms with Crippen molar-refractivity contribution in [3.8, 4) is 22.9 Å². The van der Waals surface area contributed by atoms with E-state index >= 15 is 0 Å². The number of hydrogen-bond acceptors (Lipinski definition) is 7. The highest BCUT2D eigenvalue weighted by Crippen LogP contribution is 2.37. The molecule has 3 heterocycles. The molecule has 1 aromatic heterocycles. The lowest BCUT2D eigenvalue weighted by atomic mass is 10.1. The summed E-state index contributed by atoms with van der Waals surface area (Å²) in [7, 11) is 0. The molecule has 1 atom stereocenters. The van der Waals surface area contributed by atoms with Gasteiger partial charge in [0.2, 0.25) is 17.6 Å². The second-order valence-corrected chi connectivity index (χ2v) is 7.02. The standard InChI is InChI=1S/C21H20N4O4.ClH/c22-12-13-1-3-14(4-2-13)19-23-20(29-24-19)16-7-8-25(21(16)26)15-5-6-17-18(11-15)28-10-9-27-17;/h1-6,11,16H,7-10,12,22H2;1H. The van der Waals surface area contributed by atoms with Crippen LogP contribution in [0.1, 0.15) is 23.8 Å². The quantitative estimate of drug-likeness (QED) is 0.681. The summed E-state index contributed by atoms with van der Waals surface area (Å²) in [5.41, 5.74) is 8.26. The molecule has 30 heavy (non-hydrogen) atoms. The van der Waals surface area contributed by atoms with Crippen molar-refractivity contribution in [3.05, 3.63) is 53.9 Å². The summed E-state index contributed by atoms with van der Waals surface area (Å²) < 4.78 is 16.6. The van der Waals surface area contributed by atoms with Gasteiger partial charge in [-0.05, 0) is 24.1 Å². The first-order valence-electron chi connectivity index (χ1n) is 9.57. The molecule has 1 amide bonds. The number of carbonyl (C=O) groups is 1. The third kappa shape index (κ3) is 3.59. The average Bonchev–Trinajstić information content (AvgIpc) is 3.40. The molecular weight excluding hydrogens is 408 g/mol. The third-order valence-corrected chi connectivity index (χ3v) is 5.23. The topological polar surface area (TPSA) is 104 Å². The summed E-state index contributed by atoms with van der Waals surface area (Å²) in [6.45, 7) is 2.09. The van der Waals surface area contributed by atoms with Crippen molar-refractivity contribution in [2.75, 3.05) is 24.7 Å². The van der Waals surface area contributed by atoms with Gasteiger partial charge in [-0.15, -0.1) is 12.4 Å². The van der Waals surface area contributed by atoms with E-state index in [0.717, 1.165) is 16.8 Å². The van der Waals surface area contributed by atoms with Crippen molar-refractivity contribution in [1.29, 1.82) is 0 Å². The molecule has 1 saturated heterocycles. The van der Waals surface area contributed by atoms with Crippen molar-refractivity contribution < 1.29 is 18.8 Å². The highest BCUT2D eigenvalue weighted by atomic mass is 35.5. The Balaban J connectivity index is 0.00000218. The Morgan fingerprint density at radius 3 is 2.60 bits per heavy atom. The van der Waals surface area contributed by atoms with E-state index in [2.05, 4.69) is 10.1 Å². The van der Waals surface area contributed by atoms with Crippen LogP contribution < -0.4 is 20.1 Å². The highest BCUT2D eigenvalue weighted by Gasteiger charge is 2.38. The van der Waals surface area contributed by atoms with Crippen LogP contribution in [0.4, 0.5) is 5.69 Å². The summed E-state index contributed by atoms with van der Waals surface area (Å²) in [6.07, 6.45) is 0.612. The van der Waals surface area contributed by atoms with Crippen LogP contribution in [0.3, 0.4) is 0 Å². The molecule has 0 radical (unpaired) electrons. The molecule has 2 N–H and O–H groups in total. The Morgan fingerprint density at radius 2 is 1.83 bits per heavy atom. The molecule has 3 aromatic rings. The molecule has 5 rings (SSSR count). The number of anilines is 1. The molecule has 0 aliphatic carbocycles. The Kier molecular flexibility index (Phi) is 5.61. The second-order valence-electron chi connectivity index (χ2n) is 7.02. The number of ether oxygens (including phenoxy) is 2. The SMILES string of the molecule is Cl.NCc1ccc(-c2noc(C3CCN(c4ccc5c(c4)OCCO5)C3=O)n2)cc1. The first-order valence-corrected chi connectivity index (χ1v) is 9.57. The van der Waals surface area contributed by atoms with E-state index in [9.17, 15) is 4.79 Å². The fourth-order valence-electron chi connectivity index (χ4n) is 3.65. The largest absolute Gasteiger partial charge is 0.486 e. The number of benzene rings is 2. The van der Waals surface area contributed by atoms with Gasteiger partial charge in [0, 0.05) is 30.4 Å². The lowest BCUT2D eigenvalue weighted by molar-refractivity contribution is -0.118. The number of fused-ring (bicyclic) bond motifs is 1. The van der Waals surface area contributed by atoms with Gasteiger partial charge in [0.05, 0.1) is 0 Å². The van der Waals surface area contributed by atoms with Gasteiger partial charge >= 0.3 is 0 Å². The van der Waals surface area contributed by atoms with Crippen LogP contribution in [0.15, 0.2) is 47.0 Å². The van der Waals surface area contributed by atoms with E-state index in [0.29, 0.717) is 55.9 Å². The summed E-state index contributed by atoms with van der Waals surface area (Å²) in [5, 5.41) is 4.05. The molecule has 2 aliphatic heterocycles. The van der Waals surface area contributed by atoms with Gasteiger partial charge in [-0.25, -0.2) is 0 Å². The van der Waals surface area contributed by atoms with Crippen molar-refractivity contribution in [1.82, 2.24) is 10.1 Å². The smallest absolute Gasteiger partial charge is 0.239 e. The number of amides is 1. The zero-order chi connectivity index (χ0) is 19.8. The number of hydrogen-bond donors (Lipinski definition) is 1. The van der Waals surface area contributed by atoms with Crippen LogP contribution >= 0.6 is 12.4 Å². The van der Waals surface area contributed by atoms with Crippen LogP contribution in [0.5, 0.6) is 11.5 Å². The minimum absolute atomic E-state index is 0. The van der Waals surface area contributed by atoms with E-state index in [1.807, 2.05) is 42.5 Å². The Morgan fingerprint density at radius 1 is 1.07 bits per heavy atom. The van der Waals surface area contributed by atoms with Crippen molar-refractivity contribution in [2.24, 2.45) is 5.73 Å². The first-order chi connectivity index (χ1) is 14.2. The number of nitrogens with two attached hydrogens (primary N) is 1. The molecule has 0 spiro atoms. The van der Waals surface area contributed by atoms with Gasteiger partial charge in [-0.2, -0.15) is 4.98 Å². The average molecular weight is 429 g/mol. The van der Waals surface area contributed by atoms with Crippen LogP contribution in [0.2, 0.25) is 0 Å². The summed E-state index contributed by atoms with van der Waals surface area (Å²) >= 11 is 0. The van der Waals surface area contributed by atoms with Crippen LogP contribution in [-0.4, -0.2) is 35.8 Å². The van der Waals surface area contributed by atoms with Gasteiger partial charge in [-0.1, -0.05) is 29.4 Å². The first kappa shape index (κ1) is 20.2. The maximum atomic E-state index is 13.0. The van der Waals surface area contributed by atoms with Crippen LogP contribution in [-0.2, 0) is 11.3 Å². The van der Waals surface area contributed by atoms with Crippen molar-refractivity contribution in [2.45, 2.75) is 18.9 Å². The summed E-state index contributed by atoms with van der Waals surface area (Å²) in [6, 6.07) is 13.2. The van der Waals surface area contributed by atoms with Gasteiger partial charge in [0.15, 0.2) is 11.5 Å². The molecule has 156 valence electrons. The molecule has 2 aromatic carbocycles. The predicted molar refractivity (Wildman–Crippen MR) is 112 cm³/mol. The fourth-order valence-corrected chi connectivity index (χ4v) is 3.65. The van der Waals surface area contributed by atoms with Crippen LogP contribution in [0, 0.1) is 0 Å². The minimum Gasteiger partial charge on any atom is -0.486 e. The second kappa shape index (κ2) is 8.33. The van der Waals surface area contributed by atoms with Gasteiger partial charge in [0.25, 0.3) is 0 Å². The Bertz CT molecular complexity index is 1050. The molecule has 9 heteroatoms. The maximum Gasteiger partial charge on any atom is 0.239 e. The molecule has 1 fully saturated rings. The van der Waals surface area contributed by atoms with E-state index in [4.69, 9.17) is 19.7 Å². The normalized spacial score (nSPS) is 17.7. The summed E-state index contributed by atoms with van der Waals surface area (Å²) in [4.78, 5) is 19.2. The fraction of sp³-hybridized carbons (Fsp3) is 0.286. The van der Waals surface area contributed by atoms with Crippen LogP contribution in [0.25, 0.3) is 11.4 Å². The molecule has 0 bridgehead atoms. The predicted octanol–water partition coefficient (Wildman–Crippen LogP) is 2.91. The summed E-state index contributed by atoms with van der Waals surface area (Å²) in [5.74, 6) is 1.65. The maximum absolute atomic E-state index is 13.0. The molecule has 0 saturated carbocycles. The molecule has 1 unspecified atom stereocenters. The number of aromatic nitrogens is 2. The minimum atomic E-state index is -0.451. The molecule has 2 aliphatic rings. The zero-order valence-corrected chi connectivity index (χ0v) is 16.9. The van der Waals surface area contributed by atoms with Crippen molar-refractivity contribution >= 4 is 24.0 Å².